The van der Waals surface area contributed by atoms with Gasteiger partial charge in [-0.15, -0.1) is 0 Å². The zero-order chi connectivity index (χ0) is 15.1. The summed E-state index contributed by atoms with van der Waals surface area (Å²) in [5, 5.41) is 8.36. The number of fused-ring (bicyclic) bond motifs is 1. The molecule has 0 saturated heterocycles. The predicted molar refractivity (Wildman–Crippen MR) is 84.8 cm³/mol. The number of halogens is 1. The summed E-state index contributed by atoms with van der Waals surface area (Å²) in [5.41, 5.74) is 10.3. The van der Waals surface area contributed by atoms with Gasteiger partial charge in [-0.1, -0.05) is 11.6 Å². The molecule has 0 aliphatic carbocycles. The number of nitrogens with zero attached hydrogens (tertiary/aromatic N) is 2. The van der Waals surface area contributed by atoms with Crippen molar-refractivity contribution >= 4 is 28.5 Å². The number of benzene rings is 1. The zero-order valence-corrected chi connectivity index (χ0v) is 12.7. The van der Waals surface area contributed by atoms with Gasteiger partial charge >= 0.3 is 0 Å². The molecule has 21 heavy (non-hydrogen) atoms. The maximum absolute atomic E-state index is 6.14. The van der Waals surface area contributed by atoms with Crippen molar-refractivity contribution in [2.45, 2.75) is 13.8 Å². The summed E-state index contributed by atoms with van der Waals surface area (Å²) in [5.74, 6) is 1.26. The molecule has 6 heteroatoms. The molecule has 0 fully saturated rings. The van der Waals surface area contributed by atoms with Crippen LogP contribution in [0.3, 0.4) is 0 Å². The van der Waals surface area contributed by atoms with E-state index in [4.69, 9.17) is 22.1 Å². The van der Waals surface area contributed by atoms with Gasteiger partial charge in [-0.2, -0.15) is 5.10 Å². The number of hydrogen-bond donors (Lipinski definition) is 2. The average Bonchev–Trinajstić information content (AvgIpc) is 2.80. The lowest BCUT2D eigenvalue weighted by Crippen LogP contribution is -1.97. The Morgan fingerprint density at radius 3 is 2.76 bits per heavy atom. The Hall–Kier alpha value is -2.27. The van der Waals surface area contributed by atoms with E-state index >= 15 is 0 Å². The third kappa shape index (κ3) is 2.10. The maximum atomic E-state index is 6.14. The number of methoxy groups -OCH3 is 1. The molecule has 0 unspecified atom stereocenters. The van der Waals surface area contributed by atoms with Crippen LogP contribution in [0.1, 0.15) is 11.3 Å². The fourth-order valence-electron chi connectivity index (χ4n) is 2.68. The SMILES string of the molecule is COc1ccc(Cl)cc1-c1c(C)nc2n[nH]c(N)c2c1C. The Labute approximate surface area is 127 Å². The molecule has 3 aromatic rings. The maximum Gasteiger partial charge on any atom is 0.183 e. The lowest BCUT2D eigenvalue weighted by molar-refractivity contribution is 0.416. The number of nitrogen functional groups attached to an aromatic ring is 1. The minimum atomic E-state index is 0.511. The van der Waals surface area contributed by atoms with Gasteiger partial charge in [0.15, 0.2) is 5.65 Å². The minimum Gasteiger partial charge on any atom is -0.496 e. The number of anilines is 1. The molecular weight excluding hydrogens is 288 g/mol. The topological polar surface area (TPSA) is 76.8 Å². The molecule has 0 spiro atoms. The van der Waals surface area contributed by atoms with Gasteiger partial charge in [-0.3, -0.25) is 5.10 Å². The lowest BCUT2D eigenvalue weighted by Gasteiger charge is -2.14. The summed E-state index contributed by atoms with van der Waals surface area (Å²) >= 11 is 6.14. The molecule has 2 heterocycles. The minimum absolute atomic E-state index is 0.511. The van der Waals surface area contributed by atoms with Crippen molar-refractivity contribution in [1.82, 2.24) is 15.2 Å². The fraction of sp³-hybridized carbons (Fsp3) is 0.200. The van der Waals surface area contributed by atoms with Gasteiger partial charge in [-0.05, 0) is 37.6 Å². The van der Waals surface area contributed by atoms with Crippen molar-refractivity contribution in [3.63, 3.8) is 0 Å². The quantitative estimate of drug-likeness (QED) is 0.759. The van der Waals surface area contributed by atoms with Crippen LogP contribution in [0, 0.1) is 13.8 Å². The van der Waals surface area contributed by atoms with Crippen LogP contribution in [0.5, 0.6) is 5.75 Å². The molecule has 0 bridgehead atoms. The number of H-pyrrole nitrogens is 1. The third-order valence-corrected chi connectivity index (χ3v) is 3.83. The van der Waals surface area contributed by atoms with E-state index < -0.39 is 0 Å². The van der Waals surface area contributed by atoms with Crippen molar-refractivity contribution in [3.05, 3.63) is 34.5 Å². The number of aryl methyl sites for hydroxylation is 2. The number of ether oxygens (including phenoxy) is 1. The predicted octanol–water partition coefficient (Wildman–Crippen LogP) is 3.49. The Morgan fingerprint density at radius 2 is 2.05 bits per heavy atom. The van der Waals surface area contributed by atoms with E-state index in [0.717, 1.165) is 33.5 Å². The molecule has 0 aliphatic rings. The van der Waals surface area contributed by atoms with Crippen molar-refractivity contribution in [3.8, 4) is 16.9 Å². The Balaban J connectivity index is 2.39. The van der Waals surface area contributed by atoms with E-state index in [1.165, 1.54) is 0 Å². The highest BCUT2D eigenvalue weighted by Gasteiger charge is 2.18. The first-order valence-corrected chi connectivity index (χ1v) is 6.85. The summed E-state index contributed by atoms with van der Waals surface area (Å²) < 4.78 is 5.45. The van der Waals surface area contributed by atoms with Crippen molar-refractivity contribution in [2.24, 2.45) is 0 Å². The van der Waals surface area contributed by atoms with Crippen molar-refractivity contribution in [2.75, 3.05) is 12.8 Å². The Bertz CT molecular complexity index is 841. The Kier molecular flexibility index (Phi) is 3.22. The monoisotopic (exact) mass is 302 g/mol. The van der Waals surface area contributed by atoms with Crippen LogP contribution in [0.4, 0.5) is 5.82 Å². The van der Waals surface area contributed by atoms with Gasteiger partial charge in [0, 0.05) is 21.8 Å². The Morgan fingerprint density at radius 1 is 1.29 bits per heavy atom. The molecule has 0 atom stereocenters. The van der Waals surface area contributed by atoms with Gasteiger partial charge in [-0.25, -0.2) is 4.98 Å². The van der Waals surface area contributed by atoms with Gasteiger partial charge in [0.25, 0.3) is 0 Å². The molecule has 1 aromatic carbocycles. The smallest absolute Gasteiger partial charge is 0.183 e. The zero-order valence-electron chi connectivity index (χ0n) is 12.0. The molecule has 108 valence electrons. The first-order chi connectivity index (χ1) is 10.0. The molecule has 2 aromatic heterocycles. The highest BCUT2D eigenvalue weighted by atomic mass is 35.5. The molecule has 0 saturated carbocycles. The van der Waals surface area contributed by atoms with Crippen LogP contribution in [0.15, 0.2) is 18.2 Å². The normalized spacial score (nSPS) is 11.0. The van der Waals surface area contributed by atoms with Crippen LogP contribution >= 0.6 is 11.6 Å². The number of nitrogens with one attached hydrogen (secondary N) is 1. The van der Waals surface area contributed by atoms with Crippen LogP contribution < -0.4 is 10.5 Å². The number of nitrogens with two attached hydrogens (primary N) is 1. The third-order valence-electron chi connectivity index (χ3n) is 3.59. The summed E-state index contributed by atoms with van der Waals surface area (Å²) in [6.45, 7) is 3.94. The molecule has 0 aliphatic heterocycles. The summed E-state index contributed by atoms with van der Waals surface area (Å²) in [6, 6.07) is 5.52. The number of pyridine rings is 1. The van der Waals surface area contributed by atoms with Crippen LogP contribution in [-0.4, -0.2) is 22.3 Å². The molecule has 5 nitrogen and oxygen atoms in total. The van der Waals surface area contributed by atoms with Gasteiger partial charge in [0.2, 0.25) is 0 Å². The van der Waals surface area contributed by atoms with E-state index in [-0.39, 0.29) is 0 Å². The summed E-state index contributed by atoms with van der Waals surface area (Å²) in [7, 11) is 1.63. The van der Waals surface area contributed by atoms with Crippen LogP contribution in [0.2, 0.25) is 5.02 Å². The number of aromatic amines is 1. The lowest BCUT2D eigenvalue weighted by atomic mass is 9.96. The van der Waals surface area contributed by atoms with E-state index in [1.54, 1.807) is 13.2 Å². The van der Waals surface area contributed by atoms with E-state index in [9.17, 15) is 0 Å². The van der Waals surface area contributed by atoms with E-state index in [1.807, 2.05) is 26.0 Å². The standard InChI is InChI=1S/C15H15ClN4O/c1-7-12(10-6-9(16)4-5-11(10)21-3)8(2)18-15-13(7)14(17)19-20-15/h4-6H,1-3H3,(H3,17,18,19,20). The molecule has 3 N–H and O–H groups in total. The first kappa shape index (κ1) is 13.7. The molecule has 3 rings (SSSR count). The molecule has 0 radical (unpaired) electrons. The second kappa shape index (κ2) is 4.93. The second-order valence-electron chi connectivity index (χ2n) is 4.88. The average molecular weight is 303 g/mol. The van der Waals surface area contributed by atoms with Crippen LogP contribution in [-0.2, 0) is 0 Å². The number of aromatic nitrogens is 3. The first-order valence-electron chi connectivity index (χ1n) is 6.47. The summed E-state index contributed by atoms with van der Waals surface area (Å²) in [4.78, 5) is 4.52. The fourth-order valence-corrected chi connectivity index (χ4v) is 2.85. The largest absolute Gasteiger partial charge is 0.496 e. The van der Waals surface area contributed by atoms with Gasteiger partial charge < -0.3 is 10.5 Å². The highest BCUT2D eigenvalue weighted by molar-refractivity contribution is 6.31. The van der Waals surface area contributed by atoms with E-state index in [0.29, 0.717) is 16.5 Å². The second-order valence-corrected chi connectivity index (χ2v) is 5.31. The van der Waals surface area contributed by atoms with Gasteiger partial charge in [0.1, 0.15) is 11.6 Å². The highest BCUT2D eigenvalue weighted by Crippen LogP contribution is 2.38. The number of hydrogen-bond acceptors (Lipinski definition) is 4. The summed E-state index contributed by atoms with van der Waals surface area (Å²) in [6.07, 6.45) is 0. The van der Waals surface area contributed by atoms with Gasteiger partial charge in [0.05, 0.1) is 12.5 Å². The van der Waals surface area contributed by atoms with Crippen molar-refractivity contribution < 1.29 is 4.74 Å². The van der Waals surface area contributed by atoms with Crippen molar-refractivity contribution in [1.29, 1.82) is 0 Å². The molecular formula is C15H15ClN4O. The number of rotatable bonds is 2. The molecule has 0 amide bonds. The van der Waals surface area contributed by atoms with Crippen LogP contribution in [0.25, 0.3) is 22.2 Å². The van der Waals surface area contributed by atoms with E-state index in [2.05, 4.69) is 15.2 Å².